The molecule has 1 aliphatic carbocycles. The van der Waals surface area contributed by atoms with Crippen LogP contribution in [0.25, 0.3) is 22.4 Å². The first kappa shape index (κ1) is 12.9. The van der Waals surface area contributed by atoms with Crippen LogP contribution in [0.4, 0.5) is 5.69 Å². The molecule has 1 fully saturated rings. The summed E-state index contributed by atoms with van der Waals surface area (Å²) in [5, 5.41) is 0. The van der Waals surface area contributed by atoms with Gasteiger partial charge in [0.25, 0.3) is 0 Å². The summed E-state index contributed by atoms with van der Waals surface area (Å²) in [4.78, 5) is 4.88. The summed E-state index contributed by atoms with van der Waals surface area (Å²) < 4.78 is 3.30. The number of nitrogens with two attached hydrogens (primary N) is 1. The SMILES string of the molecule is Cc1ccc2c(c1)nc(-c1ccc(N)c(Br)c1)n2C1CC1. The molecule has 3 aromatic rings. The molecule has 0 radical (unpaired) electrons. The minimum Gasteiger partial charge on any atom is -0.398 e. The number of anilines is 1. The van der Waals surface area contributed by atoms with Crippen LogP contribution in [-0.2, 0) is 0 Å². The molecule has 0 aliphatic heterocycles. The molecule has 0 saturated heterocycles. The van der Waals surface area contributed by atoms with Gasteiger partial charge in [-0.1, -0.05) is 6.07 Å². The normalized spacial score (nSPS) is 14.8. The summed E-state index contributed by atoms with van der Waals surface area (Å²) in [7, 11) is 0. The maximum Gasteiger partial charge on any atom is 0.141 e. The van der Waals surface area contributed by atoms with Crippen molar-refractivity contribution in [3.63, 3.8) is 0 Å². The van der Waals surface area contributed by atoms with E-state index in [1.165, 1.54) is 23.9 Å². The first-order chi connectivity index (χ1) is 10.1. The number of nitrogen functional groups attached to an aromatic ring is 1. The maximum absolute atomic E-state index is 5.90. The number of imidazole rings is 1. The largest absolute Gasteiger partial charge is 0.398 e. The van der Waals surface area contributed by atoms with E-state index in [9.17, 15) is 0 Å². The van der Waals surface area contributed by atoms with Gasteiger partial charge in [-0.15, -0.1) is 0 Å². The first-order valence-electron chi connectivity index (χ1n) is 7.17. The second-order valence-corrected chi connectivity index (χ2v) is 6.62. The molecular weight excluding hydrogens is 326 g/mol. The monoisotopic (exact) mass is 341 g/mol. The van der Waals surface area contributed by atoms with E-state index in [0.717, 1.165) is 27.1 Å². The molecule has 1 saturated carbocycles. The molecule has 0 unspecified atom stereocenters. The molecule has 2 N–H and O–H groups in total. The predicted octanol–water partition coefficient (Wildman–Crippen LogP) is 4.69. The van der Waals surface area contributed by atoms with Crippen molar-refractivity contribution < 1.29 is 0 Å². The summed E-state index contributed by atoms with van der Waals surface area (Å²) in [6.07, 6.45) is 2.48. The average molecular weight is 342 g/mol. The quantitative estimate of drug-likeness (QED) is 0.687. The Kier molecular flexibility index (Phi) is 2.82. The molecule has 2 aromatic carbocycles. The fraction of sp³-hybridized carbons (Fsp3) is 0.235. The van der Waals surface area contributed by atoms with Crippen molar-refractivity contribution in [3.8, 4) is 11.4 Å². The third-order valence-electron chi connectivity index (χ3n) is 4.02. The minimum atomic E-state index is 0.587. The first-order valence-corrected chi connectivity index (χ1v) is 7.97. The Morgan fingerprint density at radius 3 is 2.71 bits per heavy atom. The molecule has 0 atom stereocenters. The fourth-order valence-electron chi connectivity index (χ4n) is 2.78. The molecule has 4 heteroatoms. The van der Waals surface area contributed by atoms with Crippen LogP contribution in [0, 0.1) is 6.92 Å². The summed E-state index contributed by atoms with van der Waals surface area (Å²) >= 11 is 3.51. The van der Waals surface area contributed by atoms with Gasteiger partial charge in [0, 0.05) is 21.8 Å². The average Bonchev–Trinajstić information content (AvgIpc) is 3.22. The van der Waals surface area contributed by atoms with Crippen molar-refractivity contribution in [2.75, 3.05) is 5.73 Å². The second kappa shape index (κ2) is 4.60. The van der Waals surface area contributed by atoms with Crippen molar-refractivity contribution in [2.45, 2.75) is 25.8 Å². The van der Waals surface area contributed by atoms with Crippen LogP contribution in [0.1, 0.15) is 24.4 Å². The van der Waals surface area contributed by atoms with Gasteiger partial charge in [-0.3, -0.25) is 0 Å². The molecule has 21 heavy (non-hydrogen) atoms. The van der Waals surface area contributed by atoms with E-state index in [1.807, 2.05) is 12.1 Å². The number of aromatic nitrogens is 2. The van der Waals surface area contributed by atoms with Crippen molar-refractivity contribution in [1.29, 1.82) is 0 Å². The Bertz CT molecular complexity index is 847. The molecule has 3 nitrogen and oxygen atoms in total. The van der Waals surface area contributed by atoms with Crippen LogP contribution in [0.3, 0.4) is 0 Å². The Hall–Kier alpha value is -1.81. The summed E-state index contributed by atoms with van der Waals surface area (Å²) in [6, 6.07) is 13.1. The molecule has 1 aromatic heterocycles. The molecule has 1 heterocycles. The van der Waals surface area contributed by atoms with E-state index in [-0.39, 0.29) is 0 Å². The molecule has 0 amide bonds. The summed E-state index contributed by atoms with van der Waals surface area (Å²) in [5.74, 6) is 1.04. The highest BCUT2D eigenvalue weighted by Gasteiger charge is 2.28. The van der Waals surface area contributed by atoms with Gasteiger partial charge in [0.2, 0.25) is 0 Å². The molecule has 1 aliphatic rings. The molecule has 0 bridgehead atoms. The van der Waals surface area contributed by atoms with Gasteiger partial charge >= 0.3 is 0 Å². The molecule has 0 spiro atoms. The van der Waals surface area contributed by atoms with Crippen molar-refractivity contribution in [1.82, 2.24) is 9.55 Å². The number of hydrogen-bond donors (Lipinski definition) is 1. The summed E-state index contributed by atoms with van der Waals surface area (Å²) in [5.41, 5.74) is 11.3. The molecular formula is C17H16BrN3. The Balaban J connectivity index is 1.98. The van der Waals surface area contributed by atoms with Gasteiger partial charge in [0.1, 0.15) is 5.82 Å². The zero-order chi connectivity index (χ0) is 14.6. The number of aryl methyl sites for hydroxylation is 1. The standard InChI is InChI=1S/C17H16BrN3/c1-10-2-7-16-15(8-10)20-17(21(16)12-4-5-12)11-3-6-14(19)13(18)9-11/h2-3,6-9,12H,4-5,19H2,1H3. The smallest absolute Gasteiger partial charge is 0.141 e. The van der Waals surface area contributed by atoms with Gasteiger partial charge < -0.3 is 10.3 Å². The van der Waals surface area contributed by atoms with Crippen LogP contribution in [0.5, 0.6) is 0 Å². The molecule has 4 rings (SSSR count). The highest BCUT2D eigenvalue weighted by Crippen LogP contribution is 2.41. The highest BCUT2D eigenvalue weighted by atomic mass is 79.9. The third kappa shape index (κ3) is 2.14. The van der Waals surface area contributed by atoms with E-state index >= 15 is 0 Å². The van der Waals surface area contributed by atoms with Crippen molar-refractivity contribution >= 4 is 32.7 Å². The lowest BCUT2D eigenvalue weighted by Gasteiger charge is -2.09. The highest BCUT2D eigenvalue weighted by molar-refractivity contribution is 9.10. The lowest BCUT2D eigenvalue weighted by Crippen LogP contribution is -1.98. The van der Waals surface area contributed by atoms with E-state index in [4.69, 9.17) is 10.7 Å². The lowest BCUT2D eigenvalue weighted by molar-refractivity contribution is 0.775. The summed E-state index contributed by atoms with van der Waals surface area (Å²) in [6.45, 7) is 2.11. The van der Waals surface area contributed by atoms with Crippen LogP contribution in [0.2, 0.25) is 0 Å². The van der Waals surface area contributed by atoms with Crippen LogP contribution < -0.4 is 5.73 Å². The predicted molar refractivity (Wildman–Crippen MR) is 90.3 cm³/mol. The van der Waals surface area contributed by atoms with Crippen LogP contribution in [0.15, 0.2) is 40.9 Å². The lowest BCUT2D eigenvalue weighted by atomic mass is 10.2. The van der Waals surface area contributed by atoms with Gasteiger partial charge in [-0.05, 0) is 71.6 Å². The molecule has 106 valence electrons. The Morgan fingerprint density at radius 2 is 2.00 bits per heavy atom. The zero-order valence-corrected chi connectivity index (χ0v) is 13.4. The van der Waals surface area contributed by atoms with Gasteiger partial charge in [-0.25, -0.2) is 4.98 Å². The number of hydrogen-bond acceptors (Lipinski definition) is 2. The number of halogens is 1. The fourth-order valence-corrected chi connectivity index (χ4v) is 3.16. The second-order valence-electron chi connectivity index (χ2n) is 5.77. The van der Waals surface area contributed by atoms with Crippen molar-refractivity contribution in [3.05, 3.63) is 46.4 Å². The number of benzene rings is 2. The maximum atomic E-state index is 5.90. The number of rotatable bonds is 2. The Labute approximate surface area is 131 Å². The van der Waals surface area contributed by atoms with Gasteiger partial charge in [-0.2, -0.15) is 0 Å². The third-order valence-corrected chi connectivity index (χ3v) is 4.70. The topological polar surface area (TPSA) is 43.8 Å². The van der Waals surface area contributed by atoms with Crippen LogP contribution >= 0.6 is 15.9 Å². The number of fused-ring (bicyclic) bond motifs is 1. The number of nitrogens with zero attached hydrogens (tertiary/aromatic N) is 2. The Morgan fingerprint density at radius 1 is 1.19 bits per heavy atom. The van der Waals surface area contributed by atoms with Crippen LogP contribution in [-0.4, -0.2) is 9.55 Å². The van der Waals surface area contributed by atoms with Gasteiger partial charge in [0.05, 0.1) is 11.0 Å². The van der Waals surface area contributed by atoms with E-state index < -0.39 is 0 Å². The van der Waals surface area contributed by atoms with Gasteiger partial charge in [0.15, 0.2) is 0 Å². The minimum absolute atomic E-state index is 0.587. The van der Waals surface area contributed by atoms with E-state index in [0.29, 0.717) is 6.04 Å². The van der Waals surface area contributed by atoms with Crippen molar-refractivity contribution in [2.24, 2.45) is 0 Å². The van der Waals surface area contributed by atoms with E-state index in [1.54, 1.807) is 0 Å². The van der Waals surface area contributed by atoms with E-state index in [2.05, 4.69) is 51.7 Å². The zero-order valence-electron chi connectivity index (χ0n) is 11.8.